The lowest BCUT2D eigenvalue weighted by Crippen LogP contribution is -2.23. The first-order valence-corrected chi connectivity index (χ1v) is 5.61. The van der Waals surface area contributed by atoms with Crippen LogP contribution in [0.25, 0.3) is 0 Å². The van der Waals surface area contributed by atoms with Crippen molar-refractivity contribution in [2.24, 2.45) is 0 Å². The van der Waals surface area contributed by atoms with Crippen LogP contribution in [-0.2, 0) is 11.3 Å². The van der Waals surface area contributed by atoms with Gasteiger partial charge in [0.05, 0.1) is 7.11 Å². The van der Waals surface area contributed by atoms with E-state index in [4.69, 9.17) is 4.74 Å². The maximum Gasteiger partial charge on any atom is 0.246 e. The van der Waals surface area contributed by atoms with Crippen molar-refractivity contribution >= 4 is 5.91 Å². The van der Waals surface area contributed by atoms with Crippen molar-refractivity contribution in [1.82, 2.24) is 10.3 Å². The molecule has 1 aromatic rings. The van der Waals surface area contributed by atoms with Gasteiger partial charge in [-0.2, -0.15) is 0 Å². The molecule has 1 rings (SSSR count). The van der Waals surface area contributed by atoms with Crippen molar-refractivity contribution < 1.29 is 9.53 Å². The SMILES string of the molecule is CCC=C(C)C(=O)NCc1ccnc(OC)c1. The lowest BCUT2D eigenvalue weighted by molar-refractivity contribution is -0.117. The fourth-order valence-electron chi connectivity index (χ4n) is 1.39. The van der Waals surface area contributed by atoms with Crippen LogP contribution in [0.2, 0.25) is 0 Å². The predicted octanol–water partition coefficient (Wildman–Crippen LogP) is 2.06. The van der Waals surface area contributed by atoms with Gasteiger partial charge in [-0.3, -0.25) is 4.79 Å². The first-order chi connectivity index (χ1) is 8.17. The minimum Gasteiger partial charge on any atom is -0.481 e. The summed E-state index contributed by atoms with van der Waals surface area (Å²) in [6.07, 6.45) is 4.43. The number of rotatable bonds is 5. The van der Waals surface area contributed by atoms with Gasteiger partial charge in [0.2, 0.25) is 11.8 Å². The van der Waals surface area contributed by atoms with Crippen molar-refractivity contribution in [3.8, 4) is 5.88 Å². The van der Waals surface area contributed by atoms with Crippen LogP contribution in [-0.4, -0.2) is 18.0 Å². The van der Waals surface area contributed by atoms with Crippen LogP contribution in [0.1, 0.15) is 25.8 Å². The van der Waals surface area contributed by atoms with Crippen LogP contribution in [0, 0.1) is 0 Å². The third-order valence-corrected chi connectivity index (χ3v) is 2.33. The topological polar surface area (TPSA) is 51.2 Å². The number of carbonyl (C=O) groups is 1. The highest BCUT2D eigenvalue weighted by Crippen LogP contribution is 2.08. The molecule has 0 spiro atoms. The Morgan fingerprint density at radius 2 is 2.35 bits per heavy atom. The molecule has 0 saturated carbocycles. The summed E-state index contributed by atoms with van der Waals surface area (Å²) in [7, 11) is 1.57. The zero-order valence-electron chi connectivity index (χ0n) is 10.5. The van der Waals surface area contributed by atoms with Crippen molar-refractivity contribution in [1.29, 1.82) is 0 Å². The van der Waals surface area contributed by atoms with Gasteiger partial charge >= 0.3 is 0 Å². The molecule has 92 valence electrons. The molecule has 4 nitrogen and oxygen atoms in total. The summed E-state index contributed by atoms with van der Waals surface area (Å²) in [4.78, 5) is 15.6. The zero-order chi connectivity index (χ0) is 12.7. The van der Waals surface area contributed by atoms with Gasteiger partial charge in [-0.1, -0.05) is 13.0 Å². The largest absolute Gasteiger partial charge is 0.481 e. The average Bonchev–Trinajstić information content (AvgIpc) is 2.36. The van der Waals surface area contributed by atoms with E-state index in [9.17, 15) is 4.79 Å². The molecule has 0 fully saturated rings. The van der Waals surface area contributed by atoms with Crippen LogP contribution >= 0.6 is 0 Å². The number of amides is 1. The Kier molecular flexibility index (Phi) is 5.20. The Hall–Kier alpha value is -1.84. The molecule has 0 aliphatic rings. The van der Waals surface area contributed by atoms with Gasteiger partial charge < -0.3 is 10.1 Å². The van der Waals surface area contributed by atoms with Gasteiger partial charge in [-0.05, 0) is 25.0 Å². The fraction of sp³-hybridized carbons (Fsp3) is 0.385. The molecular formula is C13H18N2O2. The lowest BCUT2D eigenvalue weighted by Gasteiger charge is -2.06. The number of methoxy groups -OCH3 is 1. The minimum absolute atomic E-state index is 0.0392. The normalized spacial score (nSPS) is 11.1. The highest BCUT2D eigenvalue weighted by atomic mass is 16.5. The highest BCUT2D eigenvalue weighted by molar-refractivity contribution is 5.92. The summed E-state index contributed by atoms with van der Waals surface area (Å²) in [5, 5.41) is 2.84. The first-order valence-electron chi connectivity index (χ1n) is 5.61. The number of nitrogens with zero attached hydrogens (tertiary/aromatic N) is 1. The zero-order valence-corrected chi connectivity index (χ0v) is 10.5. The van der Waals surface area contributed by atoms with Crippen molar-refractivity contribution in [2.45, 2.75) is 26.8 Å². The standard InChI is InChI=1S/C13H18N2O2/c1-4-5-10(2)13(16)15-9-11-6-7-14-12(8-11)17-3/h5-8H,4,9H2,1-3H3,(H,15,16). The monoisotopic (exact) mass is 234 g/mol. The summed E-state index contributed by atoms with van der Waals surface area (Å²) in [6.45, 7) is 4.29. The number of carbonyl (C=O) groups excluding carboxylic acids is 1. The number of hydrogen-bond acceptors (Lipinski definition) is 3. The van der Waals surface area contributed by atoms with E-state index >= 15 is 0 Å². The summed E-state index contributed by atoms with van der Waals surface area (Å²) in [5.74, 6) is 0.514. The van der Waals surface area contributed by atoms with Crippen LogP contribution in [0.15, 0.2) is 30.0 Å². The minimum atomic E-state index is -0.0392. The van der Waals surface area contributed by atoms with E-state index in [2.05, 4.69) is 10.3 Å². The first kappa shape index (κ1) is 13.2. The van der Waals surface area contributed by atoms with Crippen LogP contribution in [0.4, 0.5) is 0 Å². The number of allylic oxidation sites excluding steroid dienone is 1. The molecular weight excluding hydrogens is 216 g/mol. The van der Waals surface area contributed by atoms with Gasteiger partial charge in [-0.25, -0.2) is 4.98 Å². The molecule has 0 radical (unpaired) electrons. The maximum absolute atomic E-state index is 11.6. The lowest BCUT2D eigenvalue weighted by atomic mass is 10.2. The predicted molar refractivity (Wildman–Crippen MR) is 66.7 cm³/mol. The van der Waals surface area contributed by atoms with E-state index in [0.29, 0.717) is 12.4 Å². The Morgan fingerprint density at radius 3 is 3.00 bits per heavy atom. The molecule has 1 aromatic heterocycles. The van der Waals surface area contributed by atoms with E-state index in [0.717, 1.165) is 17.6 Å². The fourth-order valence-corrected chi connectivity index (χ4v) is 1.39. The second-order valence-electron chi connectivity index (χ2n) is 3.68. The van der Waals surface area contributed by atoms with E-state index < -0.39 is 0 Å². The van der Waals surface area contributed by atoms with Crippen molar-refractivity contribution in [3.63, 3.8) is 0 Å². The second kappa shape index (κ2) is 6.68. The summed E-state index contributed by atoms with van der Waals surface area (Å²) < 4.78 is 5.01. The molecule has 0 bridgehead atoms. The molecule has 0 aromatic carbocycles. The molecule has 1 amide bonds. The molecule has 0 aliphatic heterocycles. The van der Waals surface area contributed by atoms with Gasteiger partial charge in [0.1, 0.15) is 0 Å². The Balaban J connectivity index is 2.55. The average molecular weight is 234 g/mol. The van der Waals surface area contributed by atoms with Crippen LogP contribution in [0.5, 0.6) is 5.88 Å². The number of hydrogen-bond donors (Lipinski definition) is 1. The third kappa shape index (κ3) is 4.26. The maximum atomic E-state index is 11.6. The summed E-state index contributed by atoms with van der Waals surface area (Å²) in [6, 6.07) is 3.65. The molecule has 0 aliphatic carbocycles. The number of pyridine rings is 1. The molecule has 17 heavy (non-hydrogen) atoms. The molecule has 1 N–H and O–H groups in total. The van der Waals surface area contributed by atoms with E-state index in [1.54, 1.807) is 19.4 Å². The van der Waals surface area contributed by atoms with Crippen LogP contribution in [0.3, 0.4) is 0 Å². The van der Waals surface area contributed by atoms with E-state index in [1.807, 2.05) is 26.0 Å². The Labute approximate surface area is 102 Å². The van der Waals surface area contributed by atoms with Gasteiger partial charge in [-0.15, -0.1) is 0 Å². The molecule has 0 saturated heterocycles. The smallest absolute Gasteiger partial charge is 0.246 e. The van der Waals surface area contributed by atoms with E-state index in [-0.39, 0.29) is 5.91 Å². The number of ether oxygens (including phenoxy) is 1. The van der Waals surface area contributed by atoms with Crippen LogP contribution < -0.4 is 10.1 Å². The van der Waals surface area contributed by atoms with Gasteiger partial charge in [0.25, 0.3) is 0 Å². The van der Waals surface area contributed by atoms with Gasteiger partial charge in [0, 0.05) is 24.4 Å². The highest BCUT2D eigenvalue weighted by Gasteiger charge is 2.03. The van der Waals surface area contributed by atoms with E-state index in [1.165, 1.54) is 0 Å². The third-order valence-electron chi connectivity index (χ3n) is 2.33. The number of aromatic nitrogens is 1. The summed E-state index contributed by atoms with van der Waals surface area (Å²) in [5.41, 5.74) is 1.71. The van der Waals surface area contributed by atoms with Crippen molar-refractivity contribution in [3.05, 3.63) is 35.5 Å². The summed E-state index contributed by atoms with van der Waals surface area (Å²) >= 11 is 0. The van der Waals surface area contributed by atoms with Crippen molar-refractivity contribution in [2.75, 3.05) is 7.11 Å². The molecule has 0 unspecified atom stereocenters. The number of nitrogens with one attached hydrogen (secondary N) is 1. The molecule has 0 atom stereocenters. The molecule has 4 heteroatoms. The second-order valence-corrected chi connectivity index (χ2v) is 3.68. The van der Waals surface area contributed by atoms with Gasteiger partial charge in [0.15, 0.2) is 0 Å². The Morgan fingerprint density at radius 1 is 1.59 bits per heavy atom. The quantitative estimate of drug-likeness (QED) is 0.793. The molecule has 1 heterocycles. The Bertz CT molecular complexity index is 414.